The van der Waals surface area contributed by atoms with E-state index in [-0.39, 0.29) is 5.91 Å². The molecule has 0 bridgehead atoms. The average Bonchev–Trinajstić information content (AvgIpc) is 3.15. The Balaban J connectivity index is 1.64. The molecule has 138 valence electrons. The van der Waals surface area contributed by atoms with Gasteiger partial charge in [-0.15, -0.1) is 0 Å². The zero-order chi connectivity index (χ0) is 18.7. The Morgan fingerprint density at radius 3 is 2.46 bits per heavy atom. The van der Waals surface area contributed by atoms with Gasteiger partial charge >= 0.3 is 5.97 Å². The molecule has 1 aromatic heterocycles. The molecule has 0 spiro atoms. The van der Waals surface area contributed by atoms with E-state index in [1.54, 1.807) is 23.1 Å². The molecule has 0 unspecified atom stereocenters. The van der Waals surface area contributed by atoms with Gasteiger partial charge in [0.1, 0.15) is 5.75 Å². The van der Waals surface area contributed by atoms with Crippen LogP contribution in [0.2, 0.25) is 0 Å². The predicted octanol–water partition coefficient (Wildman–Crippen LogP) is 2.48. The Hall–Kier alpha value is -2.96. The van der Waals surface area contributed by atoms with Crippen LogP contribution in [0.4, 0.5) is 5.69 Å². The molecular weight excluding hydrogens is 336 g/mol. The Morgan fingerprint density at radius 2 is 1.85 bits per heavy atom. The van der Waals surface area contributed by atoms with Crippen molar-refractivity contribution >= 4 is 17.6 Å². The summed E-state index contributed by atoms with van der Waals surface area (Å²) in [5.41, 5.74) is -0.360. The zero-order valence-corrected chi connectivity index (χ0v) is 14.8. The summed E-state index contributed by atoms with van der Waals surface area (Å²) >= 11 is 0. The van der Waals surface area contributed by atoms with E-state index in [0.29, 0.717) is 37.7 Å². The van der Waals surface area contributed by atoms with Gasteiger partial charge in [0.05, 0.1) is 6.26 Å². The highest BCUT2D eigenvalue weighted by Gasteiger charge is 2.30. The van der Waals surface area contributed by atoms with Crippen molar-refractivity contribution in [3.05, 3.63) is 48.4 Å². The van der Waals surface area contributed by atoms with Crippen molar-refractivity contribution in [1.82, 2.24) is 4.90 Å². The summed E-state index contributed by atoms with van der Waals surface area (Å²) in [5.74, 6) is -0.267. The van der Waals surface area contributed by atoms with E-state index in [1.807, 2.05) is 18.2 Å². The number of benzene rings is 1. The van der Waals surface area contributed by atoms with Crippen LogP contribution in [0.1, 0.15) is 24.4 Å². The second-order valence-corrected chi connectivity index (χ2v) is 6.67. The minimum Gasteiger partial charge on any atom is -0.478 e. The fraction of sp³-hybridized carbons (Fsp3) is 0.368. The van der Waals surface area contributed by atoms with Gasteiger partial charge in [0.25, 0.3) is 5.91 Å². The third-order valence-electron chi connectivity index (χ3n) is 4.37. The monoisotopic (exact) mass is 358 g/mol. The van der Waals surface area contributed by atoms with E-state index in [1.165, 1.54) is 20.1 Å². The molecular formula is C19H22N2O5. The molecule has 1 aliphatic rings. The summed E-state index contributed by atoms with van der Waals surface area (Å²) in [6.45, 7) is 5.56. The van der Waals surface area contributed by atoms with Crippen LogP contribution >= 0.6 is 0 Å². The van der Waals surface area contributed by atoms with Crippen LogP contribution in [0.5, 0.6) is 5.75 Å². The van der Waals surface area contributed by atoms with Gasteiger partial charge in [-0.3, -0.25) is 4.79 Å². The molecule has 1 saturated heterocycles. The van der Waals surface area contributed by atoms with Crippen LogP contribution in [0.3, 0.4) is 0 Å². The molecule has 0 saturated carbocycles. The van der Waals surface area contributed by atoms with Crippen LogP contribution < -0.4 is 9.64 Å². The summed E-state index contributed by atoms with van der Waals surface area (Å²) in [5, 5.41) is 9.20. The molecule has 0 aliphatic carbocycles. The van der Waals surface area contributed by atoms with Crippen molar-refractivity contribution in [1.29, 1.82) is 0 Å². The van der Waals surface area contributed by atoms with Gasteiger partial charge in [-0.05, 0) is 38.1 Å². The number of carbonyl (C=O) groups is 2. The topological polar surface area (TPSA) is 83.2 Å². The molecule has 7 heteroatoms. The first-order valence-electron chi connectivity index (χ1n) is 8.47. The summed E-state index contributed by atoms with van der Waals surface area (Å²) < 4.78 is 10.8. The largest absolute Gasteiger partial charge is 0.478 e. The number of nitrogens with zero attached hydrogens (tertiary/aromatic N) is 2. The number of aliphatic carboxylic acids is 1. The lowest BCUT2D eigenvalue weighted by Gasteiger charge is -2.36. The van der Waals surface area contributed by atoms with Crippen molar-refractivity contribution in [2.24, 2.45) is 0 Å². The normalized spacial score (nSPS) is 15.0. The van der Waals surface area contributed by atoms with Gasteiger partial charge in [0, 0.05) is 37.9 Å². The fourth-order valence-electron chi connectivity index (χ4n) is 2.81. The first-order chi connectivity index (χ1) is 12.4. The number of carboxylic acid groups (broad SMARTS) is 1. The molecule has 2 heterocycles. The number of rotatable bonds is 5. The van der Waals surface area contributed by atoms with Gasteiger partial charge in [0.15, 0.2) is 11.4 Å². The summed E-state index contributed by atoms with van der Waals surface area (Å²) in [6.07, 6.45) is 1.49. The highest BCUT2D eigenvalue weighted by atomic mass is 16.5. The standard InChI is InChI=1S/C19H22N2O5/c1-19(2,18(23)24)26-15-6-3-5-14(13-15)20-8-10-21(11-9-20)17(22)16-7-4-12-25-16/h3-7,12-13H,8-11H2,1-2H3,(H,23,24). The van der Waals surface area contributed by atoms with Crippen LogP contribution in [-0.2, 0) is 4.79 Å². The number of ether oxygens (including phenoxy) is 1. The molecule has 3 rings (SSSR count). The number of anilines is 1. The molecule has 1 amide bonds. The molecule has 2 aromatic rings. The van der Waals surface area contributed by atoms with Gasteiger partial charge in [-0.25, -0.2) is 4.79 Å². The number of hydrogen-bond donors (Lipinski definition) is 1. The van der Waals surface area contributed by atoms with Crippen molar-refractivity contribution in [3.63, 3.8) is 0 Å². The minimum absolute atomic E-state index is 0.102. The Kier molecular flexibility index (Phi) is 4.88. The van der Waals surface area contributed by atoms with E-state index in [0.717, 1.165) is 5.69 Å². The lowest BCUT2D eigenvalue weighted by atomic mass is 10.1. The smallest absolute Gasteiger partial charge is 0.347 e. The second kappa shape index (κ2) is 7.11. The van der Waals surface area contributed by atoms with Gasteiger partial charge in [-0.1, -0.05) is 6.07 Å². The third-order valence-corrected chi connectivity index (χ3v) is 4.37. The highest BCUT2D eigenvalue weighted by Crippen LogP contribution is 2.25. The molecule has 0 atom stereocenters. The third kappa shape index (κ3) is 3.82. The van der Waals surface area contributed by atoms with E-state index >= 15 is 0 Å². The number of hydrogen-bond acceptors (Lipinski definition) is 5. The maximum absolute atomic E-state index is 12.3. The maximum Gasteiger partial charge on any atom is 0.347 e. The number of amides is 1. The Labute approximate surface area is 151 Å². The van der Waals surface area contributed by atoms with Crippen LogP contribution in [0, 0.1) is 0 Å². The number of carbonyl (C=O) groups excluding carboxylic acids is 1. The zero-order valence-electron chi connectivity index (χ0n) is 14.8. The molecule has 26 heavy (non-hydrogen) atoms. The number of furan rings is 1. The molecule has 7 nitrogen and oxygen atoms in total. The Morgan fingerprint density at radius 1 is 1.12 bits per heavy atom. The van der Waals surface area contributed by atoms with Crippen LogP contribution in [0.15, 0.2) is 47.1 Å². The predicted molar refractivity (Wildman–Crippen MR) is 95.6 cm³/mol. The number of carboxylic acids is 1. The molecule has 1 aromatic carbocycles. The first-order valence-corrected chi connectivity index (χ1v) is 8.47. The van der Waals surface area contributed by atoms with E-state index in [2.05, 4.69) is 4.90 Å². The second-order valence-electron chi connectivity index (χ2n) is 6.67. The van der Waals surface area contributed by atoms with Crippen molar-refractivity contribution in [3.8, 4) is 5.75 Å². The molecule has 1 N–H and O–H groups in total. The van der Waals surface area contributed by atoms with E-state index < -0.39 is 11.6 Å². The van der Waals surface area contributed by atoms with E-state index in [4.69, 9.17) is 9.15 Å². The van der Waals surface area contributed by atoms with Crippen molar-refractivity contribution in [2.75, 3.05) is 31.1 Å². The van der Waals surface area contributed by atoms with Crippen LogP contribution in [0.25, 0.3) is 0 Å². The van der Waals surface area contributed by atoms with Gasteiger partial charge in [-0.2, -0.15) is 0 Å². The summed E-state index contributed by atoms with van der Waals surface area (Å²) in [7, 11) is 0. The lowest BCUT2D eigenvalue weighted by Crippen LogP contribution is -2.48. The summed E-state index contributed by atoms with van der Waals surface area (Å²) in [6, 6.07) is 10.7. The van der Waals surface area contributed by atoms with E-state index in [9.17, 15) is 14.7 Å². The fourth-order valence-corrected chi connectivity index (χ4v) is 2.81. The molecule has 1 aliphatic heterocycles. The average molecular weight is 358 g/mol. The summed E-state index contributed by atoms with van der Waals surface area (Å²) in [4.78, 5) is 27.5. The Bertz CT molecular complexity index is 777. The van der Waals surface area contributed by atoms with Gasteiger partial charge in [0.2, 0.25) is 0 Å². The quantitative estimate of drug-likeness (QED) is 0.884. The minimum atomic E-state index is -1.30. The lowest BCUT2D eigenvalue weighted by molar-refractivity contribution is -0.152. The van der Waals surface area contributed by atoms with Crippen molar-refractivity contribution < 1.29 is 23.8 Å². The SMILES string of the molecule is CC(C)(Oc1cccc(N2CCN(C(=O)c3ccco3)CC2)c1)C(=O)O. The maximum atomic E-state index is 12.3. The van der Waals surface area contributed by atoms with Gasteiger partial charge < -0.3 is 24.1 Å². The molecule has 1 fully saturated rings. The highest BCUT2D eigenvalue weighted by molar-refractivity contribution is 5.91. The molecule has 0 radical (unpaired) electrons. The first kappa shape index (κ1) is 17.8. The van der Waals surface area contributed by atoms with Crippen molar-refractivity contribution in [2.45, 2.75) is 19.4 Å². The number of piperazine rings is 1. The van der Waals surface area contributed by atoms with Crippen LogP contribution in [-0.4, -0.2) is 53.7 Å².